The first-order valence-electron chi connectivity index (χ1n) is 7.20. The number of aromatic nitrogens is 1. The Morgan fingerprint density at radius 1 is 1.15 bits per heavy atom. The molecule has 0 fully saturated rings. The Hall–Kier alpha value is -1.49. The summed E-state index contributed by atoms with van der Waals surface area (Å²) in [5, 5.41) is 3.20. The van der Waals surface area contributed by atoms with Crippen molar-refractivity contribution in [3.8, 4) is 5.88 Å². The van der Waals surface area contributed by atoms with E-state index < -0.39 is 0 Å². The second-order valence-corrected chi connectivity index (χ2v) is 5.69. The zero-order valence-electron chi connectivity index (χ0n) is 13.0. The third-order valence-electron chi connectivity index (χ3n) is 2.45. The maximum Gasteiger partial charge on any atom is 0.239 e. The number of rotatable bonds is 9. The molecule has 3 N–H and O–H groups in total. The van der Waals surface area contributed by atoms with E-state index in [0.717, 1.165) is 12.4 Å². The lowest BCUT2D eigenvalue weighted by Crippen LogP contribution is -2.13. The molecule has 1 aromatic heterocycles. The normalized spacial score (nSPS) is 11.1. The van der Waals surface area contributed by atoms with Crippen LogP contribution in [0.2, 0.25) is 0 Å². The molecule has 5 nitrogen and oxygen atoms in total. The Bertz CT molecular complexity index is 395. The quantitative estimate of drug-likeness (QED) is 0.681. The number of hydrogen-bond acceptors (Lipinski definition) is 5. The van der Waals surface area contributed by atoms with Crippen molar-refractivity contribution in [3.05, 3.63) is 12.1 Å². The van der Waals surface area contributed by atoms with E-state index in [1.54, 1.807) is 6.07 Å². The number of nitrogens with one attached hydrogen (secondary N) is 1. The summed E-state index contributed by atoms with van der Waals surface area (Å²) in [6, 6.07) is 3.65. The Morgan fingerprint density at radius 3 is 2.50 bits per heavy atom. The number of ether oxygens (including phenoxy) is 2. The zero-order valence-corrected chi connectivity index (χ0v) is 13.0. The van der Waals surface area contributed by atoms with Crippen LogP contribution in [0, 0.1) is 11.8 Å². The third-order valence-corrected chi connectivity index (χ3v) is 2.45. The molecule has 0 aliphatic rings. The number of hydrogen-bond donors (Lipinski definition) is 2. The first-order chi connectivity index (χ1) is 9.49. The third kappa shape index (κ3) is 6.61. The van der Waals surface area contributed by atoms with Gasteiger partial charge in [0.2, 0.25) is 5.88 Å². The lowest BCUT2D eigenvalue weighted by molar-refractivity contribution is 0.118. The topological polar surface area (TPSA) is 69.4 Å². The van der Waals surface area contributed by atoms with Crippen LogP contribution < -0.4 is 15.8 Å². The maximum absolute atomic E-state index is 5.85. The summed E-state index contributed by atoms with van der Waals surface area (Å²) in [7, 11) is 0. The van der Waals surface area contributed by atoms with E-state index in [4.69, 9.17) is 15.2 Å². The van der Waals surface area contributed by atoms with Crippen molar-refractivity contribution in [3.63, 3.8) is 0 Å². The van der Waals surface area contributed by atoms with Crippen molar-refractivity contribution in [2.75, 3.05) is 37.4 Å². The van der Waals surface area contributed by atoms with Gasteiger partial charge in [0.15, 0.2) is 0 Å². The molecule has 0 aromatic carbocycles. The summed E-state index contributed by atoms with van der Waals surface area (Å²) in [6.45, 7) is 11.2. The van der Waals surface area contributed by atoms with Crippen molar-refractivity contribution >= 4 is 11.5 Å². The van der Waals surface area contributed by atoms with Crippen molar-refractivity contribution in [1.29, 1.82) is 0 Å². The average molecular weight is 281 g/mol. The van der Waals surface area contributed by atoms with Crippen LogP contribution in [-0.2, 0) is 4.74 Å². The van der Waals surface area contributed by atoms with Crippen molar-refractivity contribution in [1.82, 2.24) is 4.98 Å². The van der Waals surface area contributed by atoms with Crippen LogP contribution in [-0.4, -0.2) is 31.3 Å². The fraction of sp³-hybridized carbons (Fsp3) is 0.667. The zero-order chi connectivity index (χ0) is 15.0. The molecule has 0 saturated heterocycles. The van der Waals surface area contributed by atoms with E-state index in [1.165, 1.54) is 0 Å². The molecule has 5 heteroatoms. The van der Waals surface area contributed by atoms with Crippen LogP contribution in [0.3, 0.4) is 0 Å². The summed E-state index contributed by atoms with van der Waals surface area (Å²) in [5.41, 5.74) is 6.41. The molecule has 114 valence electrons. The van der Waals surface area contributed by atoms with Gasteiger partial charge in [-0.1, -0.05) is 27.7 Å². The van der Waals surface area contributed by atoms with Crippen molar-refractivity contribution in [2.45, 2.75) is 27.7 Å². The Labute approximate surface area is 121 Å². The average Bonchev–Trinajstić information content (AvgIpc) is 2.38. The molecule has 1 heterocycles. The summed E-state index contributed by atoms with van der Waals surface area (Å²) >= 11 is 0. The lowest BCUT2D eigenvalue weighted by Gasteiger charge is -2.12. The van der Waals surface area contributed by atoms with Crippen LogP contribution in [0.5, 0.6) is 5.88 Å². The maximum atomic E-state index is 5.85. The fourth-order valence-corrected chi connectivity index (χ4v) is 1.48. The van der Waals surface area contributed by atoms with Gasteiger partial charge < -0.3 is 20.5 Å². The largest absolute Gasteiger partial charge is 0.476 e. The molecule has 0 bridgehead atoms. The molecule has 0 radical (unpaired) electrons. The highest BCUT2D eigenvalue weighted by Gasteiger charge is 2.05. The monoisotopic (exact) mass is 281 g/mol. The number of anilines is 2. The van der Waals surface area contributed by atoms with E-state index in [9.17, 15) is 0 Å². The van der Waals surface area contributed by atoms with Crippen LogP contribution in [0.15, 0.2) is 12.1 Å². The molecule has 0 aliphatic heterocycles. The number of nitrogens with zero attached hydrogens (tertiary/aromatic N) is 1. The van der Waals surface area contributed by atoms with Crippen LogP contribution in [0.1, 0.15) is 27.7 Å². The van der Waals surface area contributed by atoms with Crippen molar-refractivity contribution in [2.24, 2.45) is 11.8 Å². The molecule has 1 aromatic rings. The van der Waals surface area contributed by atoms with Gasteiger partial charge >= 0.3 is 0 Å². The SMILES string of the molecule is CC(C)COCCNc1ccc(N)c(OCC(C)C)n1. The minimum absolute atomic E-state index is 0.442. The van der Waals surface area contributed by atoms with Gasteiger partial charge in [-0.3, -0.25) is 0 Å². The Morgan fingerprint density at radius 2 is 1.85 bits per heavy atom. The van der Waals surface area contributed by atoms with E-state index in [0.29, 0.717) is 43.2 Å². The number of nitrogen functional groups attached to an aromatic ring is 1. The first-order valence-corrected chi connectivity index (χ1v) is 7.20. The molecule has 0 aliphatic carbocycles. The second kappa shape index (κ2) is 8.64. The van der Waals surface area contributed by atoms with Gasteiger partial charge in [-0.25, -0.2) is 0 Å². The summed E-state index contributed by atoms with van der Waals surface area (Å²) in [5.74, 6) is 2.25. The summed E-state index contributed by atoms with van der Waals surface area (Å²) < 4.78 is 11.1. The predicted molar refractivity (Wildman–Crippen MR) is 83.1 cm³/mol. The predicted octanol–water partition coefficient (Wildman–Crippen LogP) is 2.78. The van der Waals surface area contributed by atoms with Crippen LogP contribution >= 0.6 is 0 Å². The summed E-state index contributed by atoms with van der Waals surface area (Å²) in [6.07, 6.45) is 0. The fourth-order valence-electron chi connectivity index (χ4n) is 1.48. The van der Waals surface area contributed by atoms with E-state index in [-0.39, 0.29) is 0 Å². The van der Waals surface area contributed by atoms with Gasteiger partial charge in [-0.15, -0.1) is 0 Å². The van der Waals surface area contributed by atoms with Gasteiger partial charge in [0.05, 0.1) is 18.9 Å². The highest BCUT2D eigenvalue weighted by Crippen LogP contribution is 2.21. The van der Waals surface area contributed by atoms with E-state index in [1.807, 2.05) is 6.07 Å². The molecule has 1 rings (SSSR count). The van der Waals surface area contributed by atoms with Gasteiger partial charge in [-0.05, 0) is 24.0 Å². The standard InChI is InChI=1S/C15H27N3O2/c1-11(2)9-19-8-7-17-14-6-5-13(16)15(18-14)20-10-12(3)4/h5-6,11-12H,7-10,16H2,1-4H3,(H,17,18). The van der Waals surface area contributed by atoms with E-state index in [2.05, 4.69) is 38.0 Å². The van der Waals surface area contributed by atoms with Crippen LogP contribution in [0.25, 0.3) is 0 Å². The minimum atomic E-state index is 0.442. The molecule has 0 spiro atoms. The smallest absolute Gasteiger partial charge is 0.239 e. The molecule has 20 heavy (non-hydrogen) atoms. The van der Waals surface area contributed by atoms with Crippen LogP contribution in [0.4, 0.5) is 11.5 Å². The van der Waals surface area contributed by atoms with Gasteiger partial charge in [-0.2, -0.15) is 4.98 Å². The molecular weight excluding hydrogens is 254 g/mol. The van der Waals surface area contributed by atoms with Gasteiger partial charge in [0, 0.05) is 13.2 Å². The van der Waals surface area contributed by atoms with Gasteiger partial charge in [0.25, 0.3) is 0 Å². The molecule has 0 saturated carbocycles. The first kappa shape index (κ1) is 16.6. The highest BCUT2D eigenvalue weighted by molar-refractivity contribution is 5.53. The summed E-state index contributed by atoms with van der Waals surface area (Å²) in [4.78, 5) is 4.36. The molecule has 0 unspecified atom stereocenters. The Balaban J connectivity index is 2.40. The minimum Gasteiger partial charge on any atom is -0.476 e. The molecular formula is C15H27N3O2. The lowest BCUT2D eigenvalue weighted by atomic mass is 10.2. The van der Waals surface area contributed by atoms with Crippen molar-refractivity contribution < 1.29 is 9.47 Å². The molecule has 0 amide bonds. The highest BCUT2D eigenvalue weighted by atomic mass is 16.5. The number of nitrogens with two attached hydrogens (primary N) is 1. The van der Waals surface area contributed by atoms with Gasteiger partial charge in [0.1, 0.15) is 5.82 Å². The molecule has 0 atom stereocenters. The number of pyridine rings is 1. The Kier molecular flexibility index (Phi) is 7.15. The van der Waals surface area contributed by atoms with E-state index >= 15 is 0 Å². The second-order valence-electron chi connectivity index (χ2n) is 5.69.